The van der Waals surface area contributed by atoms with Crippen molar-refractivity contribution in [3.05, 3.63) is 41.7 Å². The topological polar surface area (TPSA) is 59.8 Å². The fourth-order valence-corrected chi connectivity index (χ4v) is 4.89. The molecule has 150 valence electrons. The van der Waals surface area contributed by atoms with Gasteiger partial charge in [-0.1, -0.05) is 68.8 Å². The van der Waals surface area contributed by atoms with Crippen LogP contribution in [-0.2, 0) is 11.3 Å². The minimum Gasteiger partial charge on any atom is -0.352 e. The molecule has 2 saturated carbocycles. The molecule has 4 rings (SSSR count). The van der Waals surface area contributed by atoms with Crippen LogP contribution in [0.15, 0.2) is 35.5 Å². The van der Waals surface area contributed by atoms with Gasteiger partial charge in [0.1, 0.15) is 5.82 Å². The van der Waals surface area contributed by atoms with Crippen molar-refractivity contribution in [2.75, 3.05) is 5.75 Å². The van der Waals surface area contributed by atoms with E-state index in [-0.39, 0.29) is 5.91 Å². The Morgan fingerprint density at radius 1 is 1.14 bits per heavy atom. The van der Waals surface area contributed by atoms with E-state index in [0.717, 1.165) is 23.9 Å². The molecule has 1 aromatic carbocycles. The molecule has 0 saturated heterocycles. The van der Waals surface area contributed by atoms with E-state index in [1.54, 1.807) is 0 Å². The maximum atomic E-state index is 12.6. The van der Waals surface area contributed by atoms with E-state index in [9.17, 15) is 4.79 Å². The molecule has 2 aliphatic rings. The van der Waals surface area contributed by atoms with Crippen molar-refractivity contribution in [1.29, 1.82) is 0 Å². The van der Waals surface area contributed by atoms with E-state index in [2.05, 4.69) is 58.2 Å². The van der Waals surface area contributed by atoms with Crippen molar-refractivity contribution in [2.45, 2.75) is 69.6 Å². The van der Waals surface area contributed by atoms with Crippen LogP contribution in [0, 0.1) is 11.8 Å². The Kier molecular flexibility index (Phi) is 6.04. The van der Waals surface area contributed by atoms with Gasteiger partial charge in [0.2, 0.25) is 5.91 Å². The van der Waals surface area contributed by atoms with Gasteiger partial charge in [-0.2, -0.15) is 0 Å². The molecule has 3 atom stereocenters. The van der Waals surface area contributed by atoms with Crippen LogP contribution in [0.4, 0.5) is 0 Å². The molecular formula is C22H30N4OS. The number of aromatic nitrogens is 3. The summed E-state index contributed by atoms with van der Waals surface area (Å²) < 4.78 is 2.20. The summed E-state index contributed by atoms with van der Waals surface area (Å²) in [5, 5.41) is 13.0. The second-order valence-electron chi connectivity index (χ2n) is 8.42. The van der Waals surface area contributed by atoms with Crippen molar-refractivity contribution in [3.8, 4) is 0 Å². The first-order valence-electron chi connectivity index (χ1n) is 10.5. The van der Waals surface area contributed by atoms with Gasteiger partial charge in [0, 0.05) is 12.0 Å². The smallest absolute Gasteiger partial charge is 0.230 e. The molecule has 1 aromatic heterocycles. The zero-order chi connectivity index (χ0) is 19.5. The van der Waals surface area contributed by atoms with E-state index in [1.165, 1.54) is 43.0 Å². The van der Waals surface area contributed by atoms with Crippen molar-refractivity contribution in [1.82, 2.24) is 20.1 Å². The summed E-state index contributed by atoms with van der Waals surface area (Å²) in [6, 6.07) is 10.7. The van der Waals surface area contributed by atoms with Gasteiger partial charge in [-0.3, -0.25) is 4.79 Å². The highest BCUT2D eigenvalue weighted by molar-refractivity contribution is 7.99. The molecule has 5 nitrogen and oxygen atoms in total. The SMILES string of the molecule is C[C@@H]1[C@@H](C)CCC[C@H]1NC(=O)CSc1nnc(C2CC2)n1Cc1ccccc1. The Morgan fingerprint density at radius 3 is 2.68 bits per heavy atom. The first-order chi connectivity index (χ1) is 13.6. The third-order valence-corrected chi connectivity index (χ3v) is 7.22. The van der Waals surface area contributed by atoms with Crippen LogP contribution in [-0.4, -0.2) is 32.5 Å². The first-order valence-corrected chi connectivity index (χ1v) is 11.5. The molecule has 1 heterocycles. The summed E-state index contributed by atoms with van der Waals surface area (Å²) in [6.07, 6.45) is 5.96. The molecule has 2 aliphatic carbocycles. The predicted molar refractivity (Wildman–Crippen MR) is 112 cm³/mol. The zero-order valence-corrected chi connectivity index (χ0v) is 17.6. The van der Waals surface area contributed by atoms with E-state index in [1.807, 2.05) is 6.07 Å². The third kappa shape index (κ3) is 4.59. The molecule has 0 aliphatic heterocycles. The number of nitrogens with zero attached hydrogens (tertiary/aromatic N) is 3. The number of amides is 1. The van der Waals surface area contributed by atoms with Crippen LogP contribution in [0.1, 0.15) is 63.3 Å². The van der Waals surface area contributed by atoms with Crippen molar-refractivity contribution in [3.63, 3.8) is 0 Å². The molecule has 1 amide bonds. The molecule has 0 unspecified atom stereocenters. The van der Waals surface area contributed by atoms with Gasteiger partial charge in [0.05, 0.1) is 12.3 Å². The molecule has 1 N–H and O–H groups in total. The summed E-state index contributed by atoms with van der Waals surface area (Å²) in [5.74, 6) is 3.34. The first kappa shape index (κ1) is 19.5. The van der Waals surface area contributed by atoms with E-state index in [4.69, 9.17) is 0 Å². The van der Waals surface area contributed by atoms with Crippen LogP contribution >= 0.6 is 11.8 Å². The minimum atomic E-state index is 0.109. The van der Waals surface area contributed by atoms with E-state index >= 15 is 0 Å². The highest BCUT2D eigenvalue weighted by Gasteiger charge is 2.31. The van der Waals surface area contributed by atoms with Gasteiger partial charge in [-0.05, 0) is 36.7 Å². The number of hydrogen-bond donors (Lipinski definition) is 1. The molecule has 28 heavy (non-hydrogen) atoms. The van der Waals surface area contributed by atoms with E-state index in [0.29, 0.717) is 29.5 Å². The lowest BCUT2D eigenvalue weighted by molar-refractivity contribution is -0.120. The second-order valence-corrected chi connectivity index (χ2v) is 9.36. The Morgan fingerprint density at radius 2 is 1.93 bits per heavy atom. The number of benzene rings is 1. The fourth-order valence-electron chi connectivity index (χ4n) is 4.13. The van der Waals surface area contributed by atoms with Crippen molar-refractivity contribution >= 4 is 17.7 Å². The average Bonchev–Trinajstić information content (AvgIpc) is 3.47. The Hall–Kier alpha value is -1.82. The van der Waals surface area contributed by atoms with Crippen molar-refractivity contribution in [2.24, 2.45) is 11.8 Å². The van der Waals surface area contributed by atoms with Gasteiger partial charge in [-0.15, -0.1) is 10.2 Å². The van der Waals surface area contributed by atoms with Crippen LogP contribution in [0.3, 0.4) is 0 Å². The maximum absolute atomic E-state index is 12.6. The summed E-state index contributed by atoms with van der Waals surface area (Å²) >= 11 is 1.51. The lowest BCUT2D eigenvalue weighted by Gasteiger charge is -2.34. The number of carbonyl (C=O) groups excluding carboxylic acids is 1. The number of thioether (sulfide) groups is 1. The Labute approximate surface area is 171 Å². The Bertz CT molecular complexity index is 802. The summed E-state index contributed by atoms with van der Waals surface area (Å²) in [5.41, 5.74) is 1.24. The zero-order valence-electron chi connectivity index (χ0n) is 16.8. The molecule has 6 heteroatoms. The van der Waals surface area contributed by atoms with Gasteiger partial charge >= 0.3 is 0 Å². The maximum Gasteiger partial charge on any atom is 0.230 e. The molecule has 0 bridgehead atoms. The summed E-state index contributed by atoms with van der Waals surface area (Å²) in [6.45, 7) is 5.32. The third-order valence-electron chi connectivity index (χ3n) is 6.26. The number of hydrogen-bond acceptors (Lipinski definition) is 4. The number of nitrogens with one attached hydrogen (secondary N) is 1. The van der Waals surface area contributed by atoms with Gasteiger partial charge in [0.15, 0.2) is 5.16 Å². The normalized spacial score (nSPS) is 24.9. The lowest BCUT2D eigenvalue weighted by Crippen LogP contribution is -2.44. The molecular weight excluding hydrogens is 368 g/mol. The van der Waals surface area contributed by atoms with Crippen LogP contribution < -0.4 is 5.32 Å². The van der Waals surface area contributed by atoms with Gasteiger partial charge in [0.25, 0.3) is 0 Å². The Balaban J connectivity index is 1.39. The fraction of sp³-hybridized carbons (Fsp3) is 0.591. The molecule has 2 fully saturated rings. The highest BCUT2D eigenvalue weighted by atomic mass is 32.2. The molecule has 0 radical (unpaired) electrons. The summed E-state index contributed by atoms with van der Waals surface area (Å²) in [7, 11) is 0. The predicted octanol–water partition coefficient (Wildman–Crippen LogP) is 4.24. The minimum absolute atomic E-state index is 0.109. The van der Waals surface area contributed by atoms with Crippen LogP contribution in [0.25, 0.3) is 0 Å². The standard InChI is InChI=1S/C22H30N4OS/c1-15-7-6-10-19(16(15)2)23-20(27)14-28-22-25-24-21(18-11-12-18)26(22)13-17-8-4-3-5-9-17/h3-5,8-9,15-16,18-19H,6-7,10-14H2,1-2H3,(H,23,27)/t15-,16+,19+/m0/s1. The average molecular weight is 399 g/mol. The lowest BCUT2D eigenvalue weighted by atomic mass is 9.78. The number of carbonyl (C=O) groups is 1. The van der Waals surface area contributed by atoms with Gasteiger partial charge in [-0.25, -0.2) is 0 Å². The van der Waals surface area contributed by atoms with E-state index < -0.39 is 0 Å². The second kappa shape index (κ2) is 8.68. The monoisotopic (exact) mass is 398 g/mol. The molecule has 2 aromatic rings. The van der Waals surface area contributed by atoms with Gasteiger partial charge < -0.3 is 9.88 Å². The highest BCUT2D eigenvalue weighted by Crippen LogP contribution is 2.40. The van der Waals surface area contributed by atoms with Crippen LogP contribution in [0.5, 0.6) is 0 Å². The molecule has 0 spiro atoms. The quantitative estimate of drug-likeness (QED) is 0.709. The summed E-state index contributed by atoms with van der Waals surface area (Å²) in [4.78, 5) is 12.6. The van der Waals surface area contributed by atoms with Crippen LogP contribution in [0.2, 0.25) is 0 Å². The number of rotatable bonds is 7. The largest absolute Gasteiger partial charge is 0.352 e. The van der Waals surface area contributed by atoms with Crippen molar-refractivity contribution < 1.29 is 4.79 Å².